The van der Waals surface area contributed by atoms with Gasteiger partial charge in [0.25, 0.3) is 5.69 Å². The van der Waals surface area contributed by atoms with Crippen LogP contribution in [0.2, 0.25) is 5.02 Å². The number of rotatable bonds is 4. The van der Waals surface area contributed by atoms with E-state index in [1.54, 1.807) is 12.1 Å². The molecule has 1 heterocycles. The highest BCUT2D eigenvalue weighted by Gasteiger charge is 2.16. The van der Waals surface area contributed by atoms with Crippen LogP contribution in [0.1, 0.15) is 5.69 Å². The van der Waals surface area contributed by atoms with Crippen molar-refractivity contribution in [1.29, 1.82) is 5.26 Å². The summed E-state index contributed by atoms with van der Waals surface area (Å²) in [6.07, 6.45) is 0. The van der Waals surface area contributed by atoms with Crippen molar-refractivity contribution in [2.24, 2.45) is 0 Å². The fourth-order valence-electron chi connectivity index (χ4n) is 1.90. The Hall–Kier alpha value is -2.82. The molecule has 0 saturated carbocycles. The lowest BCUT2D eigenvalue weighted by atomic mass is 10.2. The van der Waals surface area contributed by atoms with E-state index in [1.807, 2.05) is 18.2 Å². The molecular formula is C16H8ClN3O3S. The molecule has 0 aliphatic heterocycles. The van der Waals surface area contributed by atoms with Gasteiger partial charge in [0, 0.05) is 27.6 Å². The molecule has 118 valence electrons. The number of nitrogens with zero attached hydrogens (tertiary/aromatic N) is 3. The van der Waals surface area contributed by atoms with Gasteiger partial charge < -0.3 is 4.42 Å². The smallest absolute Gasteiger partial charge is 0.269 e. The zero-order chi connectivity index (χ0) is 17.1. The Labute approximate surface area is 145 Å². The molecule has 0 N–H and O–H groups in total. The first-order valence-corrected chi connectivity index (χ1v) is 7.85. The van der Waals surface area contributed by atoms with Gasteiger partial charge in [0.15, 0.2) is 5.69 Å². The fraction of sp³-hybridized carbons (Fsp3) is 0. The molecule has 24 heavy (non-hydrogen) atoms. The Bertz CT molecular complexity index is 931. The number of nitro benzene ring substituents is 1. The molecular weight excluding hydrogens is 350 g/mol. The molecule has 0 unspecified atom stereocenters. The van der Waals surface area contributed by atoms with Crippen LogP contribution in [0.3, 0.4) is 0 Å². The highest BCUT2D eigenvalue weighted by molar-refractivity contribution is 7.99. The Balaban J connectivity index is 1.91. The lowest BCUT2D eigenvalue weighted by Gasteiger charge is -1.98. The third-order valence-corrected chi connectivity index (χ3v) is 4.27. The molecule has 0 aliphatic carbocycles. The van der Waals surface area contributed by atoms with E-state index in [2.05, 4.69) is 4.98 Å². The second-order valence-corrected chi connectivity index (χ2v) is 6.11. The minimum absolute atomic E-state index is 0.0263. The monoisotopic (exact) mass is 357 g/mol. The van der Waals surface area contributed by atoms with Crippen LogP contribution in [0.4, 0.5) is 5.69 Å². The average Bonchev–Trinajstić information content (AvgIpc) is 3.00. The van der Waals surface area contributed by atoms with Crippen LogP contribution in [0.15, 0.2) is 62.9 Å². The van der Waals surface area contributed by atoms with Gasteiger partial charge in [-0.25, -0.2) is 0 Å². The van der Waals surface area contributed by atoms with E-state index in [1.165, 1.54) is 36.0 Å². The summed E-state index contributed by atoms with van der Waals surface area (Å²) in [5.41, 5.74) is 0.685. The van der Waals surface area contributed by atoms with Crippen LogP contribution in [0.25, 0.3) is 11.5 Å². The maximum absolute atomic E-state index is 10.7. The molecule has 0 amide bonds. The van der Waals surface area contributed by atoms with Gasteiger partial charge in [-0.2, -0.15) is 10.2 Å². The molecule has 0 fully saturated rings. The van der Waals surface area contributed by atoms with Crippen molar-refractivity contribution < 1.29 is 9.34 Å². The Morgan fingerprint density at radius 3 is 2.42 bits per heavy atom. The topological polar surface area (TPSA) is 93.0 Å². The zero-order valence-corrected chi connectivity index (χ0v) is 13.5. The first-order valence-electron chi connectivity index (χ1n) is 6.66. The summed E-state index contributed by atoms with van der Waals surface area (Å²) >= 11 is 7.10. The number of oxazole rings is 1. The highest BCUT2D eigenvalue weighted by Crippen LogP contribution is 2.34. The van der Waals surface area contributed by atoms with Crippen LogP contribution in [-0.2, 0) is 0 Å². The quantitative estimate of drug-likeness (QED) is 0.485. The van der Waals surface area contributed by atoms with Gasteiger partial charge in [0.1, 0.15) is 6.07 Å². The predicted octanol–water partition coefficient (Wildman–Crippen LogP) is 4.93. The second kappa shape index (κ2) is 6.74. The summed E-state index contributed by atoms with van der Waals surface area (Å²) < 4.78 is 5.65. The van der Waals surface area contributed by atoms with E-state index in [9.17, 15) is 15.4 Å². The molecule has 3 aromatic rings. The molecule has 8 heteroatoms. The van der Waals surface area contributed by atoms with Gasteiger partial charge in [0.05, 0.1) is 4.92 Å². The number of non-ortho nitro benzene ring substituents is 1. The Morgan fingerprint density at radius 1 is 1.17 bits per heavy atom. The van der Waals surface area contributed by atoms with Crippen molar-refractivity contribution >= 4 is 29.1 Å². The van der Waals surface area contributed by atoms with Crippen LogP contribution >= 0.6 is 23.4 Å². The molecule has 3 rings (SSSR count). The van der Waals surface area contributed by atoms with E-state index in [0.717, 1.165) is 4.90 Å². The van der Waals surface area contributed by atoms with Gasteiger partial charge in [-0.05, 0) is 48.2 Å². The van der Waals surface area contributed by atoms with Crippen LogP contribution in [0.5, 0.6) is 0 Å². The summed E-state index contributed by atoms with van der Waals surface area (Å²) in [5.74, 6) is 0.234. The van der Waals surface area contributed by atoms with Gasteiger partial charge in [-0.1, -0.05) is 11.6 Å². The molecule has 0 aliphatic rings. The summed E-state index contributed by atoms with van der Waals surface area (Å²) in [5, 5.41) is 20.9. The van der Waals surface area contributed by atoms with E-state index in [-0.39, 0.29) is 17.3 Å². The number of aromatic nitrogens is 1. The Morgan fingerprint density at radius 2 is 1.83 bits per heavy atom. The molecule has 6 nitrogen and oxygen atoms in total. The summed E-state index contributed by atoms with van der Waals surface area (Å²) in [6, 6.07) is 14.9. The summed E-state index contributed by atoms with van der Waals surface area (Å²) in [6.45, 7) is 0. The van der Waals surface area contributed by atoms with Crippen molar-refractivity contribution in [1.82, 2.24) is 4.98 Å². The average molecular weight is 358 g/mol. The standard InChI is InChI=1S/C16H8ClN3O3S/c17-11-3-7-13(8-4-11)24-16-14(9-18)19-15(23-16)10-1-5-12(6-2-10)20(21)22/h1-8H. The number of benzene rings is 2. The van der Waals surface area contributed by atoms with E-state index < -0.39 is 4.92 Å². The second-order valence-electron chi connectivity index (χ2n) is 4.63. The number of hydrogen-bond donors (Lipinski definition) is 0. The number of halogens is 1. The normalized spacial score (nSPS) is 10.3. The van der Waals surface area contributed by atoms with Crippen LogP contribution in [0, 0.1) is 21.4 Å². The largest absolute Gasteiger partial charge is 0.428 e. The molecule has 0 radical (unpaired) electrons. The molecule has 1 aromatic heterocycles. The van der Waals surface area contributed by atoms with Crippen LogP contribution in [-0.4, -0.2) is 9.91 Å². The predicted molar refractivity (Wildman–Crippen MR) is 88.9 cm³/mol. The third-order valence-electron chi connectivity index (χ3n) is 3.05. The Kier molecular flexibility index (Phi) is 4.51. The van der Waals surface area contributed by atoms with Crippen molar-refractivity contribution in [3.05, 3.63) is 69.4 Å². The SMILES string of the molecule is N#Cc1nc(-c2ccc([N+](=O)[O-])cc2)oc1Sc1ccc(Cl)cc1. The lowest BCUT2D eigenvalue weighted by Crippen LogP contribution is -1.87. The summed E-state index contributed by atoms with van der Waals surface area (Å²) in [4.78, 5) is 15.2. The van der Waals surface area contributed by atoms with Gasteiger partial charge >= 0.3 is 0 Å². The molecule has 0 atom stereocenters. The number of nitro groups is 1. The maximum atomic E-state index is 10.7. The third kappa shape index (κ3) is 3.40. The molecule has 0 spiro atoms. The highest BCUT2D eigenvalue weighted by atomic mass is 35.5. The van der Waals surface area contributed by atoms with Crippen molar-refractivity contribution in [3.8, 4) is 17.5 Å². The molecule has 0 saturated heterocycles. The number of hydrogen-bond acceptors (Lipinski definition) is 6. The lowest BCUT2D eigenvalue weighted by molar-refractivity contribution is -0.384. The minimum atomic E-state index is -0.484. The van der Waals surface area contributed by atoms with E-state index in [0.29, 0.717) is 15.7 Å². The van der Waals surface area contributed by atoms with Crippen molar-refractivity contribution in [2.75, 3.05) is 0 Å². The maximum Gasteiger partial charge on any atom is 0.269 e. The van der Waals surface area contributed by atoms with E-state index >= 15 is 0 Å². The first kappa shape index (κ1) is 16.1. The fourth-order valence-corrected chi connectivity index (χ4v) is 2.83. The van der Waals surface area contributed by atoms with Gasteiger partial charge in [-0.3, -0.25) is 10.1 Å². The van der Waals surface area contributed by atoms with Crippen molar-refractivity contribution in [3.63, 3.8) is 0 Å². The number of nitriles is 1. The van der Waals surface area contributed by atoms with Crippen molar-refractivity contribution in [2.45, 2.75) is 9.99 Å². The van der Waals surface area contributed by atoms with E-state index in [4.69, 9.17) is 16.0 Å². The zero-order valence-electron chi connectivity index (χ0n) is 12.0. The van der Waals surface area contributed by atoms with Crippen LogP contribution < -0.4 is 0 Å². The molecule has 2 aromatic carbocycles. The summed E-state index contributed by atoms with van der Waals surface area (Å²) in [7, 11) is 0. The van der Waals surface area contributed by atoms with Gasteiger partial charge in [0.2, 0.25) is 11.0 Å². The molecule has 0 bridgehead atoms. The first-order chi connectivity index (χ1) is 11.6. The minimum Gasteiger partial charge on any atom is -0.428 e. The van der Waals surface area contributed by atoms with Gasteiger partial charge in [-0.15, -0.1) is 0 Å².